The van der Waals surface area contributed by atoms with E-state index in [1.54, 1.807) is 29.8 Å². The topological polar surface area (TPSA) is 71.8 Å². The molecule has 0 radical (unpaired) electrons. The van der Waals surface area contributed by atoms with Crippen LogP contribution in [0.3, 0.4) is 0 Å². The summed E-state index contributed by atoms with van der Waals surface area (Å²) in [4.78, 5) is 17.8. The van der Waals surface area contributed by atoms with Crippen molar-refractivity contribution in [2.75, 3.05) is 16.9 Å². The smallest absolute Gasteiger partial charge is 0.255 e. The van der Waals surface area contributed by atoms with Crippen molar-refractivity contribution in [1.82, 2.24) is 14.8 Å². The molecule has 0 saturated heterocycles. The standard InChI is InChI=1S/C22H22FN5OS/c1-12-9-10-17(13(2)11-12)25-20(29)18-14(3)24-21-26-22(30-4)27-28(21)19(18)15-7-5-6-8-16(15)23/h5-11,19H,1-4H3,(H,25,29)(H,24,26,27)/t19-/m0/s1. The van der Waals surface area contributed by atoms with Gasteiger partial charge >= 0.3 is 0 Å². The van der Waals surface area contributed by atoms with Crippen LogP contribution in [0.5, 0.6) is 0 Å². The number of nitrogens with zero attached hydrogens (tertiary/aromatic N) is 3. The number of aryl methyl sites for hydroxylation is 2. The van der Waals surface area contributed by atoms with Gasteiger partial charge in [0.15, 0.2) is 0 Å². The van der Waals surface area contributed by atoms with Crippen LogP contribution in [0, 0.1) is 19.7 Å². The van der Waals surface area contributed by atoms with Gasteiger partial charge in [-0.25, -0.2) is 9.07 Å². The molecule has 2 N–H and O–H groups in total. The minimum absolute atomic E-state index is 0.313. The first-order valence-corrected chi connectivity index (χ1v) is 10.7. The van der Waals surface area contributed by atoms with Crippen LogP contribution >= 0.6 is 11.8 Å². The van der Waals surface area contributed by atoms with Crippen molar-refractivity contribution in [3.63, 3.8) is 0 Å². The van der Waals surface area contributed by atoms with Crippen molar-refractivity contribution in [2.24, 2.45) is 0 Å². The van der Waals surface area contributed by atoms with Crippen LogP contribution in [0.15, 0.2) is 58.9 Å². The summed E-state index contributed by atoms with van der Waals surface area (Å²) in [5.41, 5.74) is 4.15. The number of nitrogens with one attached hydrogen (secondary N) is 2. The number of benzene rings is 2. The second-order valence-electron chi connectivity index (χ2n) is 7.23. The van der Waals surface area contributed by atoms with Gasteiger partial charge in [-0.05, 0) is 44.7 Å². The Balaban J connectivity index is 1.81. The summed E-state index contributed by atoms with van der Waals surface area (Å²) in [5.74, 6) is -0.235. The van der Waals surface area contributed by atoms with Crippen molar-refractivity contribution in [1.29, 1.82) is 0 Å². The molecule has 2 heterocycles. The van der Waals surface area contributed by atoms with E-state index in [0.29, 0.717) is 33.6 Å². The molecule has 1 aliphatic heterocycles. The number of amides is 1. The Bertz CT molecular complexity index is 1170. The SMILES string of the molecule is CSc1nc2n(n1)[C@@H](c1ccccc1F)C(C(=O)Nc1ccc(C)cc1C)=C(C)N2. The summed E-state index contributed by atoms with van der Waals surface area (Å²) in [7, 11) is 0. The van der Waals surface area contributed by atoms with Crippen LogP contribution in [-0.2, 0) is 4.79 Å². The van der Waals surface area contributed by atoms with Crippen molar-refractivity contribution in [3.05, 3.63) is 76.2 Å². The number of rotatable bonds is 4. The maximum absolute atomic E-state index is 14.8. The number of allylic oxidation sites excluding steroid dienone is 1. The fraction of sp³-hybridized carbons (Fsp3) is 0.227. The Hall–Kier alpha value is -3.13. The third-order valence-electron chi connectivity index (χ3n) is 5.09. The zero-order valence-electron chi connectivity index (χ0n) is 17.2. The van der Waals surface area contributed by atoms with Gasteiger partial charge in [0.1, 0.15) is 11.9 Å². The first-order chi connectivity index (χ1) is 14.4. The fourth-order valence-corrected chi connectivity index (χ4v) is 3.99. The van der Waals surface area contributed by atoms with Gasteiger partial charge in [0.05, 0.1) is 5.57 Å². The average Bonchev–Trinajstić information content (AvgIpc) is 3.12. The monoisotopic (exact) mass is 423 g/mol. The molecule has 0 spiro atoms. The molecule has 6 nitrogen and oxygen atoms in total. The molecule has 0 saturated carbocycles. The highest BCUT2D eigenvalue weighted by atomic mass is 32.2. The minimum Gasteiger partial charge on any atom is -0.328 e. The number of halogens is 1. The van der Waals surface area contributed by atoms with Gasteiger partial charge in [0, 0.05) is 16.9 Å². The second kappa shape index (κ2) is 7.95. The summed E-state index contributed by atoms with van der Waals surface area (Å²) in [6, 6.07) is 11.5. The number of fused-ring (bicyclic) bond motifs is 1. The van der Waals surface area contributed by atoms with Crippen LogP contribution in [0.2, 0.25) is 0 Å². The second-order valence-corrected chi connectivity index (χ2v) is 8.00. The Labute approximate surface area is 178 Å². The molecular weight excluding hydrogens is 401 g/mol. The first kappa shape index (κ1) is 20.2. The third-order valence-corrected chi connectivity index (χ3v) is 5.63. The lowest BCUT2D eigenvalue weighted by Gasteiger charge is -2.29. The highest BCUT2D eigenvalue weighted by Crippen LogP contribution is 2.37. The summed E-state index contributed by atoms with van der Waals surface area (Å²) in [6.45, 7) is 5.74. The number of carbonyl (C=O) groups excluding carboxylic acids is 1. The molecule has 3 aromatic rings. The summed E-state index contributed by atoms with van der Waals surface area (Å²) in [6.07, 6.45) is 1.87. The highest BCUT2D eigenvalue weighted by molar-refractivity contribution is 7.98. The molecule has 0 bridgehead atoms. The molecule has 1 amide bonds. The predicted molar refractivity (Wildman–Crippen MR) is 117 cm³/mol. The van der Waals surface area contributed by atoms with Gasteiger partial charge in [0.2, 0.25) is 11.1 Å². The normalized spacial score (nSPS) is 15.6. The maximum atomic E-state index is 14.8. The molecule has 8 heteroatoms. The van der Waals surface area contributed by atoms with E-state index in [9.17, 15) is 9.18 Å². The number of thioether (sulfide) groups is 1. The molecule has 30 heavy (non-hydrogen) atoms. The number of anilines is 2. The van der Waals surface area contributed by atoms with Crippen LogP contribution in [0.25, 0.3) is 0 Å². The van der Waals surface area contributed by atoms with Gasteiger partial charge in [-0.3, -0.25) is 4.79 Å². The zero-order chi connectivity index (χ0) is 21.4. The van der Waals surface area contributed by atoms with E-state index in [4.69, 9.17) is 0 Å². The molecular formula is C22H22FN5OS. The molecule has 2 aromatic carbocycles. The number of hydrogen-bond donors (Lipinski definition) is 2. The molecule has 1 atom stereocenters. The van der Waals surface area contributed by atoms with E-state index >= 15 is 0 Å². The van der Waals surface area contributed by atoms with Crippen LogP contribution in [0.4, 0.5) is 16.0 Å². The first-order valence-electron chi connectivity index (χ1n) is 9.50. The third kappa shape index (κ3) is 3.59. The zero-order valence-corrected chi connectivity index (χ0v) is 18.0. The fourth-order valence-electron chi connectivity index (χ4n) is 3.64. The van der Waals surface area contributed by atoms with Crippen molar-refractivity contribution in [2.45, 2.75) is 32.0 Å². The number of hydrogen-bond acceptors (Lipinski definition) is 5. The van der Waals surface area contributed by atoms with Gasteiger partial charge in [-0.15, -0.1) is 5.10 Å². The summed E-state index contributed by atoms with van der Waals surface area (Å²) < 4.78 is 16.4. The molecule has 0 unspecified atom stereocenters. The average molecular weight is 424 g/mol. The predicted octanol–water partition coefficient (Wildman–Crippen LogP) is 4.68. The van der Waals surface area contributed by atoms with Gasteiger partial charge in [-0.1, -0.05) is 47.7 Å². The van der Waals surface area contributed by atoms with Gasteiger partial charge in [0.25, 0.3) is 5.91 Å². The molecule has 0 fully saturated rings. The molecule has 4 rings (SSSR count). The largest absolute Gasteiger partial charge is 0.328 e. The van der Waals surface area contributed by atoms with Crippen molar-refractivity contribution >= 4 is 29.3 Å². The summed E-state index contributed by atoms with van der Waals surface area (Å²) in [5, 5.41) is 11.2. The van der Waals surface area contributed by atoms with E-state index in [-0.39, 0.29) is 5.91 Å². The Morgan fingerprint density at radius 3 is 2.67 bits per heavy atom. The van der Waals surface area contributed by atoms with Crippen LogP contribution < -0.4 is 10.6 Å². The maximum Gasteiger partial charge on any atom is 0.255 e. The lowest BCUT2D eigenvalue weighted by molar-refractivity contribution is -0.113. The quantitative estimate of drug-likeness (QED) is 0.596. The van der Waals surface area contributed by atoms with Gasteiger partial charge < -0.3 is 10.6 Å². The van der Waals surface area contributed by atoms with Crippen molar-refractivity contribution < 1.29 is 9.18 Å². The van der Waals surface area contributed by atoms with E-state index in [1.165, 1.54) is 17.8 Å². The van der Waals surface area contributed by atoms with Crippen LogP contribution in [0.1, 0.15) is 29.7 Å². The van der Waals surface area contributed by atoms with E-state index < -0.39 is 11.9 Å². The lowest BCUT2D eigenvalue weighted by Crippen LogP contribution is -2.32. The Kier molecular flexibility index (Phi) is 5.34. The number of aromatic nitrogens is 3. The van der Waals surface area contributed by atoms with E-state index in [0.717, 1.165) is 11.1 Å². The highest BCUT2D eigenvalue weighted by Gasteiger charge is 2.35. The van der Waals surface area contributed by atoms with Gasteiger partial charge in [-0.2, -0.15) is 4.98 Å². The Morgan fingerprint density at radius 1 is 1.20 bits per heavy atom. The van der Waals surface area contributed by atoms with E-state index in [2.05, 4.69) is 20.7 Å². The number of carbonyl (C=O) groups is 1. The molecule has 154 valence electrons. The van der Waals surface area contributed by atoms with Crippen LogP contribution in [-0.4, -0.2) is 26.9 Å². The molecule has 1 aromatic heterocycles. The van der Waals surface area contributed by atoms with Crippen molar-refractivity contribution in [3.8, 4) is 0 Å². The molecule has 1 aliphatic rings. The Morgan fingerprint density at radius 2 is 1.97 bits per heavy atom. The summed E-state index contributed by atoms with van der Waals surface area (Å²) >= 11 is 1.38. The lowest BCUT2D eigenvalue weighted by atomic mass is 9.94. The van der Waals surface area contributed by atoms with E-state index in [1.807, 2.05) is 38.3 Å². The molecule has 0 aliphatic carbocycles. The minimum atomic E-state index is -0.735.